The molecule has 0 aromatic heterocycles. The maximum Gasteiger partial charge on any atom is 0.0431 e. The van der Waals surface area contributed by atoms with E-state index in [1.807, 2.05) is 0 Å². The fourth-order valence-corrected chi connectivity index (χ4v) is 2.36. The second kappa shape index (κ2) is 21.7. The summed E-state index contributed by atoms with van der Waals surface area (Å²) >= 11 is 0. The third-order valence-corrected chi connectivity index (χ3v) is 3.67. The molecule has 0 aromatic carbocycles. The summed E-state index contributed by atoms with van der Waals surface area (Å²) in [5.41, 5.74) is 0. The average molecular weight is 316 g/mol. The second-order valence-electron chi connectivity index (χ2n) is 5.66. The third kappa shape index (κ3) is 20.7. The van der Waals surface area contributed by atoms with Crippen LogP contribution in [0.15, 0.2) is 12.2 Å². The van der Waals surface area contributed by atoms with E-state index >= 15 is 0 Å². The minimum absolute atomic E-state index is 0. The van der Waals surface area contributed by atoms with E-state index in [2.05, 4.69) is 19.1 Å². The summed E-state index contributed by atoms with van der Waals surface area (Å²) in [6.45, 7) is 2.64. The van der Waals surface area contributed by atoms with Gasteiger partial charge in [0.25, 0.3) is 0 Å². The van der Waals surface area contributed by atoms with E-state index in [-0.39, 0.29) is 21.7 Å². The Hall–Kier alpha value is 0.414. The summed E-state index contributed by atoms with van der Waals surface area (Å²) in [7, 11) is 0. The molecule has 0 heterocycles. The molecule has 0 rings (SSSR count). The van der Waals surface area contributed by atoms with Gasteiger partial charge in [-0.25, -0.2) is 0 Å². The van der Waals surface area contributed by atoms with Crippen LogP contribution in [0.1, 0.15) is 96.8 Å². The van der Waals surface area contributed by atoms with Crippen molar-refractivity contribution in [2.24, 2.45) is 0 Å². The molecule has 0 saturated carbocycles. The Morgan fingerprint density at radius 1 is 0.600 bits per heavy atom. The van der Waals surface area contributed by atoms with Crippen molar-refractivity contribution >= 4 is 0 Å². The number of aliphatic hydroxyl groups excluding tert-OH is 1. The monoisotopic (exact) mass is 316 g/mol. The Morgan fingerprint density at radius 2 is 1.00 bits per heavy atom. The minimum Gasteiger partial charge on any atom is -0.396 e. The molecule has 20 heavy (non-hydrogen) atoms. The van der Waals surface area contributed by atoms with E-state index in [4.69, 9.17) is 5.11 Å². The van der Waals surface area contributed by atoms with E-state index in [0.717, 1.165) is 6.42 Å². The van der Waals surface area contributed by atoms with Crippen molar-refractivity contribution < 1.29 is 26.8 Å². The zero-order valence-electron chi connectivity index (χ0n) is 13.7. The Kier molecular flexibility index (Phi) is 24.6. The Morgan fingerprint density at radius 3 is 1.45 bits per heavy atom. The topological polar surface area (TPSA) is 20.2 Å². The SMILES string of the molecule is CCCCCCCC/C=C\CCCCCCCCO.[Ti]. The molecule has 0 saturated heterocycles. The van der Waals surface area contributed by atoms with Crippen molar-refractivity contribution in [1.82, 2.24) is 0 Å². The minimum atomic E-state index is 0. The average Bonchev–Trinajstić information content (AvgIpc) is 2.43. The van der Waals surface area contributed by atoms with Crippen LogP contribution in [-0.2, 0) is 21.7 Å². The molecule has 1 N–H and O–H groups in total. The quantitative estimate of drug-likeness (QED) is 0.223. The van der Waals surface area contributed by atoms with Gasteiger partial charge < -0.3 is 5.11 Å². The van der Waals surface area contributed by atoms with Crippen LogP contribution in [0.3, 0.4) is 0 Å². The summed E-state index contributed by atoms with van der Waals surface area (Å²) in [5.74, 6) is 0. The first-order valence-corrected chi connectivity index (χ1v) is 8.67. The predicted molar refractivity (Wildman–Crippen MR) is 86.5 cm³/mol. The number of rotatable bonds is 15. The number of hydrogen-bond acceptors (Lipinski definition) is 1. The summed E-state index contributed by atoms with van der Waals surface area (Å²) in [6.07, 6.45) is 23.2. The van der Waals surface area contributed by atoms with E-state index in [1.54, 1.807) is 0 Å². The van der Waals surface area contributed by atoms with Gasteiger partial charge in [-0.2, -0.15) is 0 Å². The van der Waals surface area contributed by atoms with Crippen LogP contribution < -0.4 is 0 Å². The standard InChI is InChI=1S/C18H36O.Ti/c1-2-3-4-5-6-7-8-9-10-11-12-13-14-15-16-17-18-19;/h9-10,19H,2-8,11-18H2,1H3;/b10-9-;. The van der Waals surface area contributed by atoms with E-state index in [0.29, 0.717) is 6.61 Å². The molecule has 118 valence electrons. The molecule has 0 aliphatic heterocycles. The molecular formula is C18H36OTi. The fourth-order valence-electron chi connectivity index (χ4n) is 2.36. The molecule has 0 unspecified atom stereocenters. The molecule has 2 heteroatoms. The van der Waals surface area contributed by atoms with E-state index < -0.39 is 0 Å². The summed E-state index contributed by atoms with van der Waals surface area (Å²) in [6, 6.07) is 0. The maximum atomic E-state index is 8.66. The van der Waals surface area contributed by atoms with Gasteiger partial charge in [-0.1, -0.05) is 76.9 Å². The zero-order chi connectivity index (χ0) is 14.0. The van der Waals surface area contributed by atoms with Gasteiger partial charge in [0, 0.05) is 28.3 Å². The summed E-state index contributed by atoms with van der Waals surface area (Å²) in [5, 5.41) is 8.66. The Labute approximate surface area is 142 Å². The number of unbranched alkanes of at least 4 members (excludes halogenated alkanes) is 12. The van der Waals surface area contributed by atoms with Gasteiger partial charge in [-0.05, 0) is 32.1 Å². The van der Waals surface area contributed by atoms with Crippen molar-refractivity contribution in [1.29, 1.82) is 0 Å². The fraction of sp³-hybridized carbons (Fsp3) is 0.889. The van der Waals surface area contributed by atoms with Crippen LogP contribution in [0.4, 0.5) is 0 Å². The number of allylic oxidation sites excluding steroid dienone is 2. The zero-order valence-corrected chi connectivity index (χ0v) is 15.3. The molecule has 0 aromatic rings. The molecule has 0 spiro atoms. The van der Waals surface area contributed by atoms with Crippen molar-refractivity contribution in [3.8, 4) is 0 Å². The first-order chi connectivity index (χ1) is 9.41. The van der Waals surface area contributed by atoms with Gasteiger partial charge in [0.15, 0.2) is 0 Å². The van der Waals surface area contributed by atoms with Crippen LogP contribution >= 0.6 is 0 Å². The van der Waals surface area contributed by atoms with Gasteiger partial charge in [0.2, 0.25) is 0 Å². The third-order valence-electron chi connectivity index (χ3n) is 3.67. The number of hydrogen-bond donors (Lipinski definition) is 1. The molecule has 1 nitrogen and oxygen atoms in total. The van der Waals surface area contributed by atoms with Crippen LogP contribution in [0.25, 0.3) is 0 Å². The smallest absolute Gasteiger partial charge is 0.0431 e. The van der Waals surface area contributed by atoms with Crippen LogP contribution in [0.2, 0.25) is 0 Å². The molecule has 0 radical (unpaired) electrons. The molecular weight excluding hydrogens is 280 g/mol. The number of aliphatic hydroxyl groups is 1. The van der Waals surface area contributed by atoms with Crippen LogP contribution in [0, 0.1) is 0 Å². The molecule has 0 aliphatic rings. The molecule has 0 aliphatic carbocycles. The van der Waals surface area contributed by atoms with Gasteiger partial charge in [0.1, 0.15) is 0 Å². The van der Waals surface area contributed by atoms with Crippen LogP contribution in [-0.4, -0.2) is 11.7 Å². The van der Waals surface area contributed by atoms with E-state index in [1.165, 1.54) is 83.5 Å². The van der Waals surface area contributed by atoms with Gasteiger partial charge in [0.05, 0.1) is 0 Å². The van der Waals surface area contributed by atoms with E-state index in [9.17, 15) is 0 Å². The molecule has 0 fully saturated rings. The predicted octanol–water partition coefficient (Wildman–Crippen LogP) is 6.01. The van der Waals surface area contributed by atoms with Gasteiger partial charge >= 0.3 is 0 Å². The van der Waals surface area contributed by atoms with Crippen molar-refractivity contribution in [3.05, 3.63) is 12.2 Å². The second-order valence-corrected chi connectivity index (χ2v) is 5.66. The maximum absolute atomic E-state index is 8.66. The molecule has 0 amide bonds. The van der Waals surface area contributed by atoms with Gasteiger partial charge in [-0.15, -0.1) is 0 Å². The molecule has 0 atom stereocenters. The molecule has 0 bridgehead atoms. The van der Waals surface area contributed by atoms with Crippen molar-refractivity contribution in [3.63, 3.8) is 0 Å². The largest absolute Gasteiger partial charge is 0.396 e. The first kappa shape index (κ1) is 22.7. The summed E-state index contributed by atoms with van der Waals surface area (Å²) < 4.78 is 0. The Bertz CT molecular complexity index is 180. The van der Waals surface area contributed by atoms with Crippen molar-refractivity contribution in [2.45, 2.75) is 96.8 Å². The summed E-state index contributed by atoms with van der Waals surface area (Å²) in [4.78, 5) is 0. The first-order valence-electron chi connectivity index (χ1n) is 8.67. The van der Waals surface area contributed by atoms with Crippen molar-refractivity contribution in [2.75, 3.05) is 6.61 Å². The van der Waals surface area contributed by atoms with Crippen LogP contribution in [0.5, 0.6) is 0 Å². The van der Waals surface area contributed by atoms with Gasteiger partial charge in [-0.3, -0.25) is 0 Å². The Balaban J connectivity index is 0. The normalized spacial score (nSPS) is 10.9.